The van der Waals surface area contributed by atoms with E-state index in [1.54, 1.807) is 6.92 Å². The molecule has 0 fully saturated rings. The lowest BCUT2D eigenvalue weighted by molar-refractivity contribution is -0.140. The minimum absolute atomic E-state index is 0.545. The third kappa shape index (κ3) is 3.08. The van der Waals surface area contributed by atoms with Gasteiger partial charge < -0.3 is 4.74 Å². The molecule has 0 aliphatic rings. The monoisotopic (exact) mass is 248 g/mol. The lowest BCUT2D eigenvalue weighted by Gasteiger charge is -2.17. The maximum atomic E-state index is 10.7. The number of halogens is 3. The molecule has 0 aliphatic heterocycles. The van der Waals surface area contributed by atoms with Gasteiger partial charge in [0.05, 0.1) is 7.11 Å². The summed E-state index contributed by atoms with van der Waals surface area (Å²) in [5, 5.41) is -0.876. The summed E-state index contributed by atoms with van der Waals surface area (Å²) in [5.74, 6) is -0.545. The van der Waals surface area contributed by atoms with Crippen LogP contribution in [0.4, 0.5) is 0 Å². The van der Waals surface area contributed by atoms with Crippen molar-refractivity contribution < 1.29 is 9.53 Å². The molecule has 0 N–H and O–H groups in total. The molecule has 0 spiro atoms. The molecule has 0 amide bonds. The zero-order chi connectivity index (χ0) is 8.36. The predicted octanol–water partition coefficient (Wildman–Crippen LogP) is 2.12. The van der Waals surface area contributed by atoms with Gasteiger partial charge in [-0.05, 0) is 6.92 Å². The molecule has 0 saturated heterocycles. The Morgan fingerprint density at radius 3 is 2.30 bits per heavy atom. The molecule has 0 radical (unpaired) electrons. The van der Waals surface area contributed by atoms with Gasteiger partial charge >= 0.3 is 5.97 Å². The molecule has 0 aromatic carbocycles. The maximum absolute atomic E-state index is 10.7. The van der Waals surface area contributed by atoms with Crippen LogP contribution in [0.1, 0.15) is 6.92 Å². The van der Waals surface area contributed by atoms with E-state index in [1.165, 1.54) is 7.11 Å². The van der Waals surface area contributed by atoms with Crippen molar-refractivity contribution in [1.29, 1.82) is 0 Å². The van der Waals surface area contributed by atoms with Gasteiger partial charge in [-0.15, -0.1) is 23.2 Å². The summed E-state index contributed by atoms with van der Waals surface area (Å²) in [6, 6.07) is 0. The first-order valence-electron chi connectivity index (χ1n) is 2.49. The van der Waals surface area contributed by atoms with E-state index < -0.39 is 15.1 Å². The first-order valence-corrected chi connectivity index (χ1v) is 4.10. The Hall–Kier alpha value is 0.530. The van der Waals surface area contributed by atoms with Crippen LogP contribution in [0.3, 0.4) is 0 Å². The van der Waals surface area contributed by atoms with Crippen LogP contribution in [0.25, 0.3) is 0 Å². The van der Waals surface area contributed by atoms with Crippen molar-refractivity contribution in [2.75, 3.05) is 7.11 Å². The van der Waals surface area contributed by atoms with E-state index in [0.717, 1.165) is 0 Å². The normalized spacial score (nSPS) is 19.3. The Morgan fingerprint density at radius 2 is 2.20 bits per heavy atom. The molecule has 0 aromatic heterocycles. The highest BCUT2D eigenvalue weighted by Gasteiger charge is 2.34. The fourth-order valence-corrected chi connectivity index (χ4v) is 0.675. The van der Waals surface area contributed by atoms with Crippen LogP contribution in [0.15, 0.2) is 0 Å². The number of alkyl halides is 3. The number of carbonyl (C=O) groups excluding carboxylic acids is 1. The van der Waals surface area contributed by atoms with Crippen LogP contribution in [0.2, 0.25) is 0 Å². The molecule has 0 aliphatic carbocycles. The number of hydrogen-bond donors (Lipinski definition) is 0. The fraction of sp³-hybridized carbons (Fsp3) is 0.800. The second kappa shape index (κ2) is 3.79. The number of hydrogen-bond acceptors (Lipinski definition) is 2. The molecule has 2 nitrogen and oxygen atoms in total. The van der Waals surface area contributed by atoms with Crippen LogP contribution < -0.4 is 0 Å². The van der Waals surface area contributed by atoms with Crippen molar-refractivity contribution in [2.45, 2.75) is 16.1 Å². The van der Waals surface area contributed by atoms with Gasteiger partial charge in [-0.1, -0.05) is 15.9 Å². The van der Waals surface area contributed by atoms with E-state index >= 15 is 0 Å². The Kier molecular flexibility index (Phi) is 3.99. The van der Waals surface area contributed by atoms with Crippen molar-refractivity contribution in [3.8, 4) is 0 Å². The summed E-state index contributed by atoms with van der Waals surface area (Å²) in [7, 11) is 1.26. The molecular formula is C5H7BrCl2O2. The van der Waals surface area contributed by atoms with Gasteiger partial charge in [-0.2, -0.15) is 0 Å². The third-order valence-electron chi connectivity index (χ3n) is 0.853. The van der Waals surface area contributed by atoms with E-state index in [9.17, 15) is 4.79 Å². The summed E-state index contributed by atoms with van der Waals surface area (Å²) in [6.07, 6.45) is 0. The number of methoxy groups -OCH3 is 1. The lowest BCUT2D eigenvalue weighted by atomic mass is 10.3. The highest BCUT2D eigenvalue weighted by molar-refractivity contribution is 9.10. The van der Waals surface area contributed by atoms with Gasteiger partial charge in [0, 0.05) is 0 Å². The molecular weight excluding hydrogens is 243 g/mol. The SMILES string of the molecule is COC(=O)C(Cl)C(C)(Cl)Br. The summed E-state index contributed by atoms with van der Waals surface area (Å²) >= 11 is 14.2. The molecule has 2 unspecified atom stereocenters. The molecule has 10 heavy (non-hydrogen) atoms. The summed E-state index contributed by atoms with van der Waals surface area (Å²) < 4.78 is 3.41. The smallest absolute Gasteiger partial charge is 0.326 e. The van der Waals surface area contributed by atoms with Gasteiger partial charge in [0.25, 0.3) is 0 Å². The Morgan fingerprint density at radius 1 is 1.80 bits per heavy atom. The average molecular weight is 250 g/mol. The van der Waals surface area contributed by atoms with Crippen molar-refractivity contribution in [3.05, 3.63) is 0 Å². The summed E-state index contributed by atoms with van der Waals surface area (Å²) in [5.41, 5.74) is 0. The molecule has 60 valence electrons. The average Bonchev–Trinajstić information content (AvgIpc) is 1.83. The van der Waals surface area contributed by atoms with E-state index in [-0.39, 0.29) is 0 Å². The van der Waals surface area contributed by atoms with E-state index in [0.29, 0.717) is 0 Å². The highest BCUT2D eigenvalue weighted by Crippen LogP contribution is 2.31. The van der Waals surface area contributed by atoms with Crippen LogP contribution in [0.5, 0.6) is 0 Å². The van der Waals surface area contributed by atoms with E-state index in [1.807, 2.05) is 0 Å². The van der Waals surface area contributed by atoms with E-state index in [2.05, 4.69) is 20.7 Å². The Balaban J connectivity index is 4.08. The first kappa shape index (κ1) is 10.5. The fourth-order valence-electron chi connectivity index (χ4n) is 0.310. The molecule has 2 atom stereocenters. The summed E-state index contributed by atoms with van der Waals surface area (Å²) in [6.45, 7) is 1.57. The second-order valence-electron chi connectivity index (χ2n) is 1.84. The number of ether oxygens (including phenoxy) is 1. The van der Waals surface area contributed by atoms with Gasteiger partial charge in [-0.3, -0.25) is 4.79 Å². The first-order chi connectivity index (χ1) is 4.39. The lowest BCUT2D eigenvalue weighted by Crippen LogP contribution is -2.31. The molecule has 0 rings (SSSR count). The number of carbonyl (C=O) groups is 1. The Bertz CT molecular complexity index is 132. The standard InChI is InChI=1S/C5H7BrCl2O2/c1-5(6,8)3(7)4(9)10-2/h3H,1-2H3. The van der Waals surface area contributed by atoms with Crippen LogP contribution >= 0.6 is 39.1 Å². The topological polar surface area (TPSA) is 26.3 Å². The van der Waals surface area contributed by atoms with Crippen LogP contribution in [-0.2, 0) is 9.53 Å². The van der Waals surface area contributed by atoms with Crippen molar-refractivity contribution in [1.82, 2.24) is 0 Å². The van der Waals surface area contributed by atoms with Gasteiger partial charge in [0.1, 0.15) is 3.78 Å². The molecule has 0 heterocycles. The maximum Gasteiger partial charge on any atom is 0.326 e. The molecule has 0 aromatic rings. The van der Waals surface area contributed by atoms with Crippen molar-refractivity contribution in [3.63, 3.8) is 0 Å². The Labute approximate surface area is 77.9 Å². The number of esters is 1. The quantitative estimate of drug-likeness (QED) is 0.554. The minimum atomic E-state index is -0.943. The van der Waals surface area contributed by atoms with Crippen LogP contribution in [0, 0.1) is 0 Å². The molecule has 0 bridgehead atoms. The zero-order valence-corrected chi connectivity index (χ0v) is 8.63. The second-order valence-corrected chi connectivity index (χ2v) is 5.17. The largest absolute Gasteiger partial charge is 0.468 e. The minimum Gasteiger partial charge on any atom is -0.468 e. The van der Waals surface area contributed by atoms with Crippen molar-refractivity contribution in [2.24, 2.45) is 0 Å². The number of rotatable bonds is 2. The molecule has 5 heteroatoms. The van der Waals surface area contributed by atoms with Gasteiger partial charge in [0.15, 0.2) is 5.38 Å². The van der Waals surface area contributed by atoms with Gasteiger partial charge in [0.2, 0.25) is 0 Å². The highest BCUT2D eigenvalue weighted by atomic mass is 79.9. The van der Waals surface area contributed by atoms with Crippen molar-refractivity contribution >= 4 is 45.1 Å². The van der Waals surface area contributed by atoms with E-state index in [4.69, 9.17) is 23.2 Å². The molecule has 0 saturated carbocycles. The van der Waals surface area contributed by atoms with Crippen LogP contribution in [-0.4, -0.2) is 22.2 Å². The predicted molar refractivity (Wildman–Crippen MR) is 44.8 cm³/mol. The third-order valence-corrected chi connectivity index (χ3v) is 2.52. The zero-order valence-electron chi connectivity index (χ0n) is 5.53. The summed E-state index contributed by atoms with van der Waals surface area (Å²) in [4.78, 5) is 10.7. The van der Waals surface area contributed by atoms with Gasteiger partial charge in [-0.25, -0.2) is 0 Å².